The number of aromatic nitrogens is 1. The molecule has 6 rings (SSSR count). The molecule has 0 atom stereocenters. The number of benzene rings is 3. The van der Waals surface area contributed by atoms with Gasteiger partial charge in [-0.2, -0.15) is 0 Å². The van der Waals surface area contributed by atoms with E-state index in [1.807, 2.05) is 35.2 Å². The number of amidine groups is 1. The van der Waals surface area contributed by atoms with Gasteiger partial charge in [-0.3, -0.25) is 9.69 Å². The van der Waals surface area contributed by atoms with Crippen molar-refractivity contribution in [2.75, 3.05) is 0 Å². The Balaban J connectivity index is 1.38. The van der Waals surface area contributed by atoms with E-state index in [4.69, 9.17) is 4.99 Å². The Morgan fingerprint density at radius 3 is 2.43 bits per heavy atom. The van der Waals surface area contributed by atoms with Crippen molar-refractivity contribution in [1.29, 1.82) is 0 Å². The summed E-state index contributed by atoms with van der Waals surface area (Å²) < 4.78 is 3.35. The summed E-state index contributed by atoms with van der Waals surface area (Å²) in [6.45, 7) is 0.771. The topological polar surface area (TPSA) is 37.6 Å². The molecule has 3 aromatic carbocycles. The van der Waals surface area contributed by atoms with E-state index in [0.717, 1.165) is 56.1 Å². The number of amides is 1. The summed E-state index contributed by atoms with van der Waals surface area (Å²) in [7, 11) is 0. The van der Waals surface area contributed by atoms with E-state index in [0.29, 0.717) is 0 Å². The Morgan fingerprint density at radius 2 is 1.65 bits per heavy atom. The van der Waals surface area contributed by atoms with Gasteiger partial charge in [0.05, 0.1) is 10.6 Å². The third-order valence-electron chi connectivity index (χ3n) is 7.13. The van der Waals surface area contributed by atoms with Crippen LogP contribution in [0.4, 0.5) is 5.69 Å². The van der Waals surface area contributed by atoms with Crippen LogP contribution in [0.3, 0.4) is 0 Å². The van der Waals surface area contributed by atoms with Crippen molar-refractivity contribution in [2.45, 2.75) is 44.7 Å². The van der Waals surface area contributed by atoms with Crippen molar-refractivity contribution >= 4 is 61.4 Å². The summed E-state index contributed by atoms with van der Waals surface area (Å²) in [6, 6.07) is 27.0. The fourth-order valence-electron chi connectivity index (χ4n) is 5.29. The lowest BCUT2D eigenvalue weighted by Gasteiger charge is -2.30. The molecule has 186 valence electrons. The summed E-state index contributed by atoms with van der Waals surface area (Å²) in [5.74, 6) is 0.0799. The number of rotatable bonds is 5. The number of halogens is 1. The number of aliphatic imine (C=N–C) groups is 1. The Hall–Kier alpha value is -3.09. The van der Waals surface area contributed by atoms with E-state index in [9.17, 15) is 4.79 Å². The average molecular weight is 571 g/mol. The number of thioether (sulfide) groups is 1. The molecule has 2 heterocycles. The van der Waals surface area contributed by atoms with Crippen molar-refractivity contribution in [3.05, 3.63) is 106 Å². The van der Waals surface area contributed by atoms with Gasteiger partial charge in [0.2, 0.25) is 0 Å². The molecule has 1 saturated carbocycles. The Kier molecular flexibility index (Phi) is 7.03. The van der Waals surface area contributed by atoms with Gasteiger partial charge in [0.25, 0.3) is 5.91 Å². The first-order chi connectivity index (χ1) is 18.2. The van der Waals surface area contributed by atoms with Gasteiger partial charge >= 0.3 is 0 Å². The minimum Gasteiger partial charge on any atom is -0.342 e. The summed E-state index contributed by atoms with van der Waals surface area (Å²) in [5.41, 5.74) is 4.34. The molecule has 1 amide bonds. The molecule has 1 aromatic heterocycles. The molecule has 2 fully saturated rings. The first kappa shape index (κ1) is 24.3. The van der Waals surface area contributed by atoms with Gasteiger partial charge in [-0.05, 0) is 66.6 Å². The van der Waals surface area contributed by atoms with Crippen LogP contribution in [0.1, 0.15) is 43.2 Å². The lowest BCUT2D eigenvalue weighted by molar-refractivity contribution is -0.124. The predicted octanol–water partition coefficient (Wildman–Crippen LogP) is 8.39. The van der Waals surface area contributed by atoms with Crippen molar-refractivity contribution in [3.63, 3.8) is 0 Å². The molecule has 37 heavy (non-hydrogen) atoms. The van der Waals surface area contributed by atoms with Crippen molar-refractivity contribution < 1.29 is 4.79 Å². The van der Waals surface area contributed by atoms with E-state index in [1.165, 1.54) is 36.6 Å². The summed E-state index contributed by atoms with van der Waals surface area (Å²) in [4.78, 5) is 21.5. The predicted molar refractivity (Wildman–Crippen MR) is 158 cm³/mol. The van der Waals surface area contributed by atoms with Gasteiger partial charge in [0.15, 0.2) is 5.17 Å². The molecule has 0 radical (unpaired) electrons. The quantitative estimate of drug-likeness (QED) is 0.226. The van der Waals surface area contributed by atoms with Crippen LogP contribution in [0.15, 0.2) is 99.4 Å². The SMILES string of the molecule is O=C1/C(=C\c2cn(Cc3ccc(Br)cc3)c3ccccc23)SC(=Nc2ccccc2)N1C1CCCCC1. The second-order valence-electron chi connectivity index (χ2n) is 9.66. The maximum absolute atomic E-state index is 13.8. The summed E-state index contributed by atoms with van der Waals surface area (Å²) in [5, 5.41) is 1.95. The normalized spacial score (nSPS) is 18.9. The van der Waals surface area contributed by atoms with E-state index >= 15 is 0 Å². The van der Waals surface area contributed by atoms with Crippen LogP contribution in [0, 0.1) is 0 Å². The number of para-hydroxylation sites is 2. The molecule has 1 aliphatic carbocycles. The monoisotopic (exact) mass is 569 g/mol. The van der Waals surface area contributed by atoms with Crippen LogP contribution in [-0.2, 0) is 11.3 Å². The highest BCUT2D eigenvalue weighted by molar-refractivity contribution is 9.10. The highest BCUT2D eigenvalue weighted by atomic mass is 79.9. The Morgan fingerprint density at radius 1 is 0.919 bits per heavy atom. The molecule has 0 spiro atoms. The van der Waals surface area contributed by atoms with E-state index < -0.39 is 0 Å². The van der Waals surface area contributed by atoms with Crippen LogP contribution in [0.25, 0.3) is 17.0 Å². The number of carbonyl (C=O) groups is 1. The standard InChI is InChI=1S/C31H28BrN3OS/c32-24-17-15-22(16-18-24)20-34-21-23(27-13-7-8-14-28(27)34)19-29-30(36)35(26-11-5-2-6-12-26)31(37-29)33-25-9-3-1-4-10-25/h1,3-4,7-10,13-19,21,26H,2,5-6,11-12,20H2/b29-19+,33-31?. The lowest BCUT2D eigenvalue weighted by Crippen LogP contribution is -2.40. The van der Waals surface area contributed by atoms with Crippen LogP contribution < -0.4 is 0 Å². The number of nitrogens with zero attached hydrogens (tertiary/aromatic N) is 3. The third-order valence-corrected chi connectivity index (χ3v) is 8.64. The summed E-state index contributed by atoms with van der Waals surface area (Å²) in [6.07, 6.45) is 9.90. The average Bonchev–Trinajstić information content (AvgIpc) is 3.43. The van der Waals surface area contributed by atoms with Crippen LogP contribution in [-0.4, -0.2) is 26.6 Å². The molecule has 6 heteroatoms. The maximum Gasteiger partial charge on any atom is 0.267 e. The van der Waals surface area contributed by atoms with Crippen LogP contribution >= 0.6 is 27.7 Å². The minimum atomic E-state index is 0.0799. The fraction of sp³-hybridized carbons (Fsp3) is 0.226. The molecule has 2 aliphatic rings. The first-order valence-electron chi connectivity index (χ1n) is 12.8. The van der Waals surface area contributed by atoms with Crippen LogP contribution in [0.5, 0.6) is 0 Å². The number of hydrogen-bond donors (Lipinski definition) is 0. The second kappa shape index (κ2) is 10.7. The zero-order valence-corrected chi connectivity index (χ0v) is 22.9. The molecular weight excluding hydrogens is 542 g/mol. The summed E-state index contributed by atoms with van der Waals surface area (Å²) >= 11 is 5.03. The molecule has 0 bridgehead atoms. The maximum atomic E-state index is 13.8. The van der Waals surface area contributed by atoms with Gasteiger partial charge in [-0.25, -0.2) is 4.99 Å². The number of fused-ring (bicyclic) bond motifs is 1. The zero-order valence-electron chi connectivity index (χ0n) is 20.5. The molecule has 1 aliphatic heterocycles. The molecule has 4 nitrogen and oxygen atoms in total. The highest BCUT2D eigenvalue weighted by Gasteiger charge is 2.38. The smallest absolute Gasteiger partial charge is 0.267 e. The Labute approximate surface area is 230 Å². The molecule has 1 saturated heterocycles. The molecule has 4 aromatic rings. The van der Waals surface area contributed by atoms with Crippen molar-refractivity contribution in [3.8, 4) is 0 Å². The van der Waals surface area contributed by atoms with Gasteiger partial charge in [0, 0.05) is 39.7 Å². The van der Waals surface area contributed by atoms with E-state index in [1.54, 1.807) is 0 Å². The minimum absolute atomic E-state index is 0.0799. The van der Waals surface area contributed by atoms with Crippen LogP contribution in [0.2, 0.25) is 0 Å². The van der Waals surface area contributed by atoms with E-state index in [2.05, 4.69) is 81.3 Å². The molecule has 0 unspecified atom stereocenters. The van der Waals surface area contributed by atoms with Crippen molar-refractivity contribution in [2.24, 2.45) is 4.99 Å². The second-order valence-corrected chi connectivity index (χ2v) is 11.6. The Bertz CT molecular complexity index is 1480. The van der Waals surface area contributed by atoms with Gasteiger partial charge in [-0.15, -0.1) is 0 Å². The van der Waals surface area contributed by atoms with Crippen molar-refractivity contribution in [1.82, 2.24) is 9.47 Å². The van der Waals surface area contributed by atoms with Gasteiger partial charge in [0.1, 0.15) is 0 Å². The van der Waals surface area contributed by atoms with E-state index in [-0.39, 0.29) is 11.9 Å². The van der Waals surface area contributed by atoms with Gasteiger partial charge in [-0.1, -0.05) is 83.7 Å². The fourth-order valence-corrected chi connectivity index (χ4v) is 6.60. The molecular formula is C31H28BrN3OS. The first-order valence-corrected chi connectivity index (χ1v) is 14.5. The zero-order chi connectivity index (χ0) is 25.2. The lowest BCUT2D eigenvalue weighted by atomic mass is 9.94. The largest absolute Gasteiger partial charge is 0.342 e. The highest BCUT2D eigenvalue weighted by Crippen LogP contribution is 2.39. The third kappa shape index (κ3) is 5.18. The molecule has 0 N–H and O–H groups in total. The number of hydrogen-bond acceptors (Lipinski definition) is 3. The van der Waals surface area contributed by atoms with Gasteiger partial charge < -0.3 is 4.57 Å². The number of carbonyl (C=O) groups excluding carboxylic acids is 1.